The molecule has 0 aliphatic carbocycles. The van der Waals surface area contributed by atoms with E-state index in [0.29, 0.717) is 11.2 Å². The van der Waals surface area contributed by atoms with Gasteiger partial charge in [0.2, 0.25) is 0 Å². The number of carbonyl (C=O) groups is 1. The molecule has 5 nitrogen and oxygen atoms in total. The lowest BCUT2D eigenvalue weighted by molar-refractivity contribution is 0.0694. The van der Waals surface area contributed by atoms with Gasteiger partial charge >= 0.3 is 5.97 Å². The Morgan fingerprint density at radius 1 is 1.56 bits per heavy atom. The predicted octanol–water partition coefficient (Wildman–Crippen LogP) is 2.08. The predicted molar refractivity (Wildman–Crippen MR) is 67.2 cm³/mol. The maximum atomic E-state index is 11.2. The summed E-state index contributed by atoms with van der Waals surface area (Å²) in [7, 11) is 0. The van der Waals surface area contributed by atoms with Crippen LogP contribution in [-0.4, -0.2) is 25.6 Å². The number of aromatic carboxylic acids is 1. The van der Waals surface area contributed by atoms with Crippen molar-refractivity contribution < 1.29 is 15.0 Å². The molecule has 0 aromatic carbocycles. The topological polar surface area (TPSA) is 74.8 Å². The number of carboxylic acid groups (broad SMARTS) is 1. The molecule has 0 radical (unpaired) electrons. The average molecular weight is 246 g/mol. The van der Waals surface area contributed by atoms with Crippen molar-refractivity contribution in [1.82, 2.24) is 9.38 Å². The first-order chi connectivity index (χ1) is 8.47. The van der Waals surface area contributed by atoms with Gasteiger partial charge in [0.1, 0.15) is 0 Å². The molecule has 0 amide bonds. The second-order valence-electron chi connectivity index (χ2n) is 4.14. The fraction of sp³-hybridized carbons (Fsp3) is 0.231. The number of nitrogens with zero attached hydrogens (tertiary/aromatic N) is 2. The lowest BCUT2D eigenvalue weighted by Crippen LogP contribution is -2.06. The second kappa shape index (κ2) is 4.18. The fourth-order valence-corrected chi connectivity index (χ4v) is 1.96. The number of aromatic hydroxyl groups is 1. The van der Waals surface area contributed by atoms with Crippen LogP contribution in [0.1, 0.15) is 27.3 Å². The van der Waals surface area contributed by atoms with E-state index < -0.39 is 5.97 Å². The summed E-state index contributed by atoms with van der Waals surface area (Å²) in [5.41, 5.74) is 2.37. The van der Waals surface area contributed by atoms with E-state index in [1.165, 1.54) is 6.20 Å². The number of carboxylic acids is 1. The van der Waals surface area contributed by atoms with Crippen LogP contribution in [0, 0.1) is 13.8 Å². The first kappa shape index (κ1) is 12.2. The van der Waals surface area contributed by atoms with Gasteiger partial charge in [0.15, 0.2) is 11.4 Å². The summed E-state index contributed by atoms with van der Waals surface area (Å²) < 4.78 is 1.60. The number of pyridine rings is 1. The summed E-state index contributed by atoms with van der Waals surface area (Å²) in [6, 6.07) is 0. The average Bonchev–Trinajstić information content (AvgIpc) is 2.60. The molecule has 0 fully saturated rings. The number of aromatic nitrogens is 2. The standard InChI is InChI=1S/C13H14N2O3/c1-4-5-9-10(13(17)18)6-15-8(3)7(2)14-12(15)11(9)16/h4,6,16H,1,5H2,2-3H3,(H,17,18). The quantitative estimate of drug-likeness (QED) is 0.813. The third-order valence-corrected chi connectivity index (χ3v) is 3.05. The normalized spacial score (nSPS) is 10.8. The van der Waals surface area contributed by atoms with Crippen molar-refractivity contribution in [2.75, 3.05) is 0 Å². The van der Waals surface area contributed by atoms with Crippen molar-refractivity contribution >= 4 is 11.6 Å². The van der Waals surface area contributed by atoms with Crippen LogP contribution >= 0.6 is 0 Å². The van der Waals surface area contributed by atoms with Gasteiger partial charge in [0, 0.05) is 17.5 Å². The molecule has 2 rings (SSSR count). The molecule has 0 spiro atoms. The molecule has 94 valence electrons. The molecule has 0 unspecified atom stereocenters. The number of hydrogen-bond acceptors (Lipinski definition) is 3. The van der Waals surface area contributed by atoms with Crippen molar-refractivity contribution in [3.05, 3.63) is 41.4 Å². The Bertz CT molecular complexity index is 656. The molecule has 2 aromatic heterocycles. The van der Waals surface area contributed by atoms with E-state index in [4.69, 9.17) is 0 Å². The van der Waals surface area contributed by atoms with E-state index in [1.807, 2.05) is 13.8 Å². The summed E-state index contributed by atoms with van der Waals surface area (Å²) in [6.45, 7) is 7.21. The Kier molecular flexibility index (Phi) is 2.82. The third kappa shape index (κ3) is 1.64. The van der Waals surface area contributed by atoms with Crippen LogP contribution in [0.3, 0.4) is 0 Å². The van der Waals surface area contributed by atoms with Gasteiger partial charge in [-0.25, -0.2) is 9.78 Å². The maximum absolute atomic E-state index is 11.2. The molecular formula is C13H14N2O3. The second-order valence-corrected chi connectivity index (χ2v) is 4.14. The zero-order valence-corrected chi connectivity index (χ0v) is 10.3. The molecule has 2 N–H and O–H groups in total. The fourth-order valence-electron chi connectivity index (χ4n) is 1.96. The van der Waals surface area contributed by atoms with E-state index >= 15 is 0 Å². The minimum Gasteiger partial charge on any atom is -0.504 e. The van der Waals surface area contributed by atoms with Crippen LogP contribution in [0.25, 0.3) is 5.65 Å². The number of rotatable bonds is 3. The van der Waals surface area contributed by atoms with Crippen LogP contribution < -0.4 is 0 Å². The SMILES string of the molecule is C=CCc1c(C(=O)O)cn2c(C)c(C)nc2c1O. The van der Waals surface area contributed by atoms with Crippen molar-refractivity contribution in [3.8, 4) is 5.75 Å². The number of aryl methyl sites for hydroxylation is 2. The van der Waals surface area contributed by atoms with Crippen LogP contribution in [-0.2, 0) is 6.42 Å². The molecule has 0 saturated carbocycles. The van der Waals surface area contributed by atoms with Gasteiger partial charge in [-0.05, 0) is 20.3 Å². The number of hydrogen-bond donors (Lipinski definition) is 2. The molecular weight excluding hydrogens is 232 g/mol. The minimum atomic E-state index is -1.07. The van der Waals surface area contributed by atoms with Crippen molar-refractivity contribution in [2.24, 2.45) is 0 Å². The van der Waals surface area contributed by atoms with Gasteiger partial charge in [-0.1, -0.05) is 6.08 Å². The number of allylic oxidation sites excluding steroid dienone is 1. The Morgan fingerprint density at radius 2 is 2.22 bits per heavy atom. The van der Waals surface area contributed by atoms with Gasteiger partial charge in [-0.2, -0.15) is 0 Å². The minimum absolute atomic E-state index is 0.0698. The molecule has 5 heteroatoms. The maximum Gasteiger partial charge on any atom is 0.337 e. The highest BCUT2D eigenvalue weighted by molar-refractivity contribution is 5.91. The largest absolute Gasteiger partial charge is 0.504 e. The monoisotopic (exact) mass is 246 g/mol. The summed E-state index contributed by atoms with van der Waals surface area (Å²) in [4.78, 5) is 15.5. The van der Waals surface area contributed by atoms with Gasteiger partial charge in [0.05, 0.1) is 11.3 Å². The Morgan fingerprint density at radius 3 is 2.78 bits per heavy atom. The zero-order chi connectivity index (χ0) is 13.4. The Balaban J connectivity index is 2.89. The molecule has 0 saturated heterocycles. The summed E-state index contributed by atoms with van der Waals surface area (Å²) in [5, 5.41) is 19.3. The molecule has 0 atom stereocenters. The molecule has 0 aliphatic heterocycles. The highest BCUT2D eigenvalue weighted by Crippen LogP contribution is 2.29. The van der Waals surface area contributed by atoms with Crippen molar-refractivity contribution in [3.63, 3.8) is 0 Å². The van der Waals surface area contributed by atoms with Gasteiger partial charge < -0.3 is 14.6 Å². The number of imidazole rings is 1. The van der Waals surface area contributed by atoms with Crippen LogP contribution in [0.4, 0.5) is 0 Å². The van der Waals surface area contributed by atoms with E-state index in [-0.39, 0.29) is 17.7 Å². The number of fused-ring (bicyclic) bond motifs is 1. The van der Waals surface area contributed by atoms with Gasteiger partial charge in [-0.15, -0.1) is 6.58 Å². The first-order valence-electron chi connectivity index (χ1n) is 5.51. The third-order valence-electron chi connectivity index (χ3n) is 3.05. The Labute approximate surface area is 104 Å². The zero-order valence-electron chi connectivity index (χ0n) is 10.3. The van der Waals surface area contributed by atoms with E-state index in [2.05, 4.69) is 11.6 Å². The lowest BCUT2D eigenvalue weighted by atomic mass is 10.1. The summed E-state index contributed by atoms with van der Waals surface area (Å²) >= 11 is 0. The van der Waals surface area contributed by atoms with Crippen LogP contribution in [0.2, 0.25) is 0 Å². The van der Waals surface area contributed by atoms with Crippen molar-refractivity contribution in [1.29, 1.82) is 0 Å². The van der Waals surface area contributed by atoms with Crippen molar-refractivity contribution in [2.45, 2.75) is 20.3 Å². The summed E-state index contributed by atoms with van der Waals surface area (Å²) in [5.74, 6) is -1.17. The molecule has 0 aliphatic rings. The highest BCUT2D eigenvalue weighted by atomic mass is 16.4. The van der Waals surface area contributed by atoms with E-state index in [0.717, 1.165) is 11.4 Å². The smallest absolute Gasteiger partial charge is 0.337 e. The Hall–Kier alpha value is -2.30. The van der Waals surface area contributed by atoms with E-state index in [9.17, 15) is 15.0 Å². The lowest BCUT2D eigenvalue weighted by Gasteiger charge is -2.09. The molecule has 0 bridgehead atoms. The molecule has 2 aromatic rings. The molecule has 2 heterocycles. The van der Waals surface area contributed by atoms with Crippen LogP contribution in [0.15, 0.2) is 18.9 Å². The van der Waals surface area contributed by atoms with Crippen LogP contribution in [0.5, 0.6) is 5.75 Å². The molecule has 18 heavy (non-hydrogen) atoms. The van der Waals surface area contributed by atoms with Gasteiger partial charge in [-0.3, -0.25) is 0 Å². The summed E-state index contributed by atoms with van der Waals surface area (Å²) in [6.07, 6.45) is 3.33. The highest BCUT2D eigenvalue weighted by Gasteiger charge is 2.19. The van der Waals surface area contributed by atoms with Gasteiger partial charge in [0.25, 0.3) is 0 Å². The van der Waals surface area contributed by atoms with E-state index in [1.54, 1.807) is 10.5 Å². The first-order valence-corrected chi connectivity index (χ1v) is 5.51.